The van der Waals surface area contributed by atoms with E-state index in [0.29, 0.717) is 12.1 Å². The number of nitrogens with zero attached hydrogens (tertiary/aromatic N) is 1. The van der Waals surface area contributed by atoms with Crippen molar-refractivity contribution in [1.29, 1.82) is 0 Å². The second-order valence-corrected chi connectivity index (χ2v) is 6.01. The van der Waals surface area contributed by atoms with Gasteiger partial charge in [0.2, 0.25) is 0 Å². The van der Waals surface area contributed by atoms with Crippen molar-refractivity contribution in [3.8, 4) is 0 Å². The molecule has 3 nitrogen and oxygen atoms in total. The van der Waals surface area contributed by atoms with Crippen molar-refractivity contribution in [2.75, 3.05) is 0 Å². The first-order valence-electron chi connectivity index (χ1n) is 6.42. The third-order valence-electron chi connectivity index (χ3n) is 3.40. The molecule has 1 spiro atoms. The Kier molecular flexibility index (Phi) is 4.45. The molecule has 0 saturated heterocycles. The molecule has 0 bridgehead atoms. The van der Waals surface area contributed by atoms with Crippen LogP contribution in [0.4, 0.5) is 4.39 Å². The van der Waals surface area contributed by atoms with Crippen molar-refractivity contribution in [2.45, 2.75) is 44.2 Å². The van der Waals surface area contributed by atoms with Gasteiger partial charge in [-0.15, -0.1) is 0 Å². The molecule has 2 N–H and O–H groups in total. The molecule has 0 radical (unpaired) electrons. The fraction of sp³-hybridized carbons (Fsp3) is 0.500. The quantitative estimate of drug-likeness (QED) is 0.790. The van der Waals surface area contributed by atoms with E-state index < -0.39 is 0 Å². The van der Waals surface area contributed by atoms with E-state index in [2.05, 4.69) is 27.8 Å². The Morgan fingerprint density at radius 3 is 2.42 bits per heavy atom. The lowest BCUT2D eigenvalue weighted by Gasteiger charge is -2.44. The normalized spacial score (nSPS) is 23.5. The number of ether oxygens (including phenoxy) is 1. The maximum Gasteiger partial charge on any atom is 0.282 e. The monoisotopic (exact) mass is 328 g/mol. The average Bonchev–Trinajstić information content (AvgIpc) is 2.31. The molecule has 1 heterocycles. The Morgan fingerprint density at radius 1 is 1.37 bits per heavy atom. The van der Waals surface area contributed by atoms with Crippen LogP contribution in [0.3, 0.4) is 0 Å². The number of hydrogen-bond donors (Lipinski definition) is 1. The highest BCUT2D eigenvalue weighted by Crippen LogP contribution is 2.41. The third kappa shape index (κ3) is 3.93. The molecule has 5 heteroatoms. The summed E-state index contributed by atoms with van der Waals surface area (Å²) in [5.74, 6) is -0.201. The van der Waals surface area contributed by atoms with Gasteiger partial charge in [-0.05, 0) is 50.5 Å². The number of hydrogen-bond acceptors (Lipinski definition) is 3. The Balaban J connectivity index is 0.000000148. The molecule has 1 atom stereocenters. The smallest absolute Gasteiger partial charge is 0.282 e. The molecule has 2 aliphatic rings. The Hall–Kier alpha value is -1.10. The van der Waals surface area contributed by atoms with Crippen LogP contribution < -0.4 is 5.73 Å². The van der Waals surface area contributed by atoms with Gasteiger partial charge in [0.15, 0.2) is 0 Å². The topological polar surface area (TPSA) is 47.6 Å². The van der Waals surface area contributed by atoms with Gasteiger partial charge in [-0.1, -0.05) is 15.9 Å². The van der Waals surface area contributed by atoms with Crippen molar-refractivity contribution in [1.82, 2.24) is 0 Å². The van der Waals surface area contributed by atoms with Crippen LogP contribution in [0.15, 0.2) is 33.7 Å². The molecule has 104 valence electrons. The number of rotatable bonds is 0. The van der Waals surface area contributed by atoms with Crippen molar-refractivity contribution in [2.24, 2.45) is 10.7 Å². The molecule has 1 fully saturated rings. The summed E-state index contributed by atoms with van der Waals surface area (Å²) in [5.41, 5.74) is 5.63. The fourth-order valence-electron chi connectivity index (χ4n) is 2.40. The van der Waals surface area contributed by atoms with E-state index in [4.69, 9.17) is 10.5 Å². The first-order chi connectivity index (χ1) is 8.99. The summed E-state index contributed by atoms with van der Waals surface area (Å²) in [6, 6.07) is 6.88. The largest absolute Gasteiger partial charge is 0.459 e. The van der Waals surface area contributed by atoms with Gasteiger partial charge in [-0.25, -0.2) is 9.38 Å². The van der Waals surface area contributed by atoms with Gasteiger partial charge < -0.3 is 10.5 Å². The summed E-state index contributed by atoms with van der Waals surface area (Å²) in [4.78, 5) is 4.13. The van der Waals surface area contributed by atoms with Gasteiger partial charge in [0.05, 0.1) is 6.04 Å². The predicted molar refractivity (Wildman–Crippen MR) is 77.5 cm³/mol. The van der Waals surface area contributed by atoms with Gasteiger partial charge in [0.1, 0.15) is 11.4 Å². The van der Waals surface area contributed by atoms with Crippen LogP contribution in [0, 0.1) is 5.82 Å². The number of aliphatic imine (C=N–C) groups is 1. The molecule has 1 aromatic carbocycles. The van der Waals surface area contributed by atoms with Gasteiger partial charge >= 0.3 is 0 Å². The minimum Gasteiger partial charge on any atom is -0.459 e. The number of amidine groups is 1. The molecule has 0 amide bonds. The van der Waals surface area contributed by atoms with Crippen LogP contribution in [0.2, 0.25) is 0 Å². The summed E-state index contributed by atoms with van der Waals surface area (Å²) in [7, 11) is 0. The van der Waals surface area contributed by atoms with Crippen LogP contribution >= 0.6 is 15.9 Å². The summed E-state index contributed by atoms with van der Waals surface area (Å²) < 4.78 is 18.5. The highest BCUT2D eigenvalue weighted by atomic mass is 79.9. The SMILES string of the molecule is CC1CC2(CCC2)OC(N)=N1.Fc1ccc(Br)cc1. The predicted octanol–water partition coefficient (Wildman–Crippen LogP) is 3.62. The zero-order valence-electron chi connectivity index (χ0n) is 10.9. The molecule has 1 aliphatic heterocycles. The lowest BCUT2D eigenvalue weighted by atomic mass is 9.75. The van der Waals surface area contributed by atoms with E-state index >= 15 is 0 Å². The van der Waals surface area contributed by atoms with Gasteiger partial charge in [0, 0.05) is 10.9 Å². The lowest BCUT2D eigenvalue weighted by Crippen LogP contribution is -2.48. The Labute approximate surface area is 121 Å². The second-order valence-electron chi connectivity index (χ2n) is 5.10. The number of nitrogens with two attached hydrogens (primary N) is 1. The molecule has 1 aliphatic carbocycles. The molecule has 19 heavy (non-hydrogen) atoms. The highest BCUT2D eigenvalue weighted by Gasteiger charge is 2.43. The molecule has 1 saturated carbocycles. The van der Waals surface area contributed by atoms with Gasteiger partial charge in [-0.3, -0.25) is 0 Å². The Morgan fingerprint density at radius 2 is 2.00 bits per heavy atom. The summed E-state index contributed by atoms with van der Waals surface area (Å²) in [6.45, 7) is 2.09. The van der Waals surface area contributed by atoms with Crippen LogP contribution in [0.25, 0.3) is 0 Å². The van der Waals surface area contributed by atoms with Crippen molar-refractivity contribution in [3.63, 3.8) is 0 Å². The standard InChI is InChI=1S/C8H14N2O.C6H4BrF/c1-6-5-8(3-2-4-8)11-7(9)10-6;7-5-1-3-6(8)4-2-5/h6H,2-5H2,1H3,(H2,9,10);1-4H. The van der Waals surface area contributed by atoms with E-state index in [1.165, 1.54) is 18.6 Å². The number of halogens is 2. The average molecular weight is 329 g/mol. The Bertz CT molecular complexity index is 436. The minimum atomic E-state index is -0.201. The molecule has 3 rings (SSSR count). The van der Waals surface area contributed by atoms with Gasteiger partial charge in [-0.2, -0.15) is 0 Å². The van der Waals surface area contributed by atoms with Crippen molar-refractivity contribution >= 4 is 22.0 Å². The number of benzene rings is 1. The maximum absolute atomic E-state index is 12.1. The van der Waals surface area contributed by atoms with Gasteiger partial charge in [0.25, 0.3) is 6.02 Å². The zero-order valence-corrected chi connectivity index (χ0v) is 12.5. The van der Waals surface area contributed by atoms with Crippen LogP contribution in [-0.4, -0.2) is 17.7 Å². The molecule has 0 aromatic heterocycles. The van der Waals surface area contributed by atoms with E-state index in [1.54, 1.807) is 12.1 Å². The van der Waals surface area contributed by atoms with Crippen LogP contribution in [0.5, 0.6) is 0 Å². The first-order valence-corrected chi connectivity index (χ1v) is 7.22. The molecule has 1 aromatic rings. The third-order valence-corrected chi connectivity index (χ3v) is 3.93. The molecular formula is C14H18BrFN2O. The van der Waals surface area contributed by atoms with Crippen LogP contribution in [0.1, 0.15) is 32.6 Å². The highest BCUT2D eigenvalue weighted by molar-refractivity contribution is 9.10. The van der Waals surface area contributed by atoms with Crippen molar-refractivity contribution < 1.29 is 9.13 Å². The lowest BCUT2D eigenvalue weighted by molar-refractivity contribution is -0.0421. The van der Waals surface area contributed by atoms with E-state index in [9.17, 15) is 4.39 Å². The molecular weight excluding hydrogens is 311 g/mol. The molecule has 1 unspecified atom stereocenters. The summed E-state index contributed by atoms with van der Waals surface area (Å²) >= 11 is 3.18. The summed E-state index contributed by atoms with van der Waals surface area (Å²) in [6.07, 6.45) is 4.65. The van der Waals surface area contributed by atoms with Crippen molar-refractivity contribution in [3.05, 3.63) is 34.6 Å². The first kappa shape index (κ1) is 14.3. The zero-order chi connectivity index (χ0) is 13.9. The second kappa shape index (κ2) is 5.90. The van der Waals surface area contributed by atoms with E-state index in [-0.39, 0.29) is 11.4 Å². The maximum atomic E-state index is 12.1. The van der Waals surface area contributed by atoms with E-state index in [0.717, 1.165) is 23.7 Å². The fourth-order valence-corrected chi connectivity index (χ4v) is 2.66. The summed E-state index contributed by atoms with van der Waals surface area (Å²) in [5, 5.41) is 0. The minimum absolute atomic E-state index is 0.0885. The van der Waals surface area contributed by atoms with Crippen LogP contribution in [-0.2, 0) is 4.74 Å². The van der Waals surface area contributed by atoms with E-state index in [1.807, 2.05) is 0 Å².